The smallest absolute Gasteiger partial charge is 0.462 e. The van der Waals surface area contributed by atoms with E-state index < -0.39 is 44.7 Å². The molecule has 0 radical (unpaired) electrons. The maximum absolute atomic E-state index is 12.2. The number of hydrogen-bond acceptors (Lipinski definition) is 8. The highest BCUT2D eigenvalue weighted by Crippen LogP contribution is 2.35. The zero-order valence-electron chi connectivity index (χ0n) is 26.1. The van der Waals surface area contributed by atoms with E-state index in [0.717, 1.165) is 57.8 Å². The fraction of sp³-hybridized carbons (Fsp3) is 0.871. The molecule has 0 aromatic heterocycles. The Morgan fingerprint density at radius 1 is 0.690 bits per heavy atom. The summed E-state index contributed by atoms with van der Waals surface area (Å²) in [6, 6.07) is 0. The third-order valence-electron chi connectivity index (χ3n) is 6.98. The van der Waals surface area contributed by atoms with Crippen molar-refractivity contribution in [3.63, 3.8) is 0 Å². The first kappa shape index (κ1) is 40.7. The molecule has 4 N–H and O–H groups in total. The van der Waals surface area contributed by atoms with Crippen LogP contribution < -0.4 is 0 Å². The van der Waals surface area contributed by atoms with Crippen LogP contribution in [0.15, 0.2) is 12.2 Å². The Labute approximate surface area is 253 Å². The van der Waals surface area contributed by atoms with Crippen LogP contribution in [0.5, 0.6) is 0 Å². The lowest BCUT2D eigenvalue weighted by Crippen LogP contribution is -2.29. The monoisotopic (exact) mass is 622 g/mol. The molecule has 0 aromatic rings. The van der Waals surface area contributed by atoms with Crippen molar-refractivity contribution < 1.29 is 48.2 Å². The molecule has 0 saturated carbocycles. The van der Waals surface area contributed by atoms with Crippen LogP contribution in [0, 0.1) is 0 Å². The highest BCUT2D eigenvalue weighted by atomic mass is 31.2. The number of unbranched alkanes of at least 4 members (excludes halogenated alkanes) is 13. The minimum absolute atomic E-state index is 0.171. The summed E-state index contributed by atoms with van der Waals surface area (Å²) in [5, 5.41) is 20.2. The van der Waals surface area contributed by atoms with Crippen molar-refractivity contribution in [1.82, 2.24) is 0 Å². The highest BCUT2D eigenvalue weighted by Gasteiger charge is 2.23. The number of aliphatic hydroxyl groups is 2. The predicted molar refractivity (Wildman–Crippen MR) is 164 cm³/mol. The van der Waals surface area contributed by atoms with Gasteiger partial charge in [-0.25, -0.2) is 4.57 Å². The van der Waals surface area contributed by atoms with Crippen LogP contribution in [0.25, 0.3) is 0 Å². The van der Waals surface area contributed by atoms with Gasteiger partial charge in [-0.3, -0.25) is 14.1 Å². The number of aliphatic hydroxyl groups excluding tert-OH is 2. The molecule has 0 aliphatic carbocycles. The van der Waals surface area contributed by atoms with Gasteiger partial charge in [-0.1, -0.05) is 103 Å². The number of rotatable bonds is 29. The number of phosphoric acid groups is 1. The zero-order chi connectivity index (χ0) is 31.5. The van der Waals surface area contributed by atoms with E-state index in [1.54, 1.807) is 0 Å². The lowest BCUT2D eigenvalue weighted by Gasteiger charge is -2.18. The van der Waals surface area contributed by atoms with Crippen molar-refractivity contribution in [2.24, 2.45) is 0 Å². The lowest BCUT2D eigenvalue weighted by molar-refractivity contribution is -0.161. The van der Waals surface area contributed by atoms with Crippen molar-refractivity contribution in [1.29, 1.82) is 0 Å². The highest BCUT2D eigenvalue weighted by molar-refractivity contribution is 7.46. The number of allylic oxidation sites excluding steroid dienone is 1. The van der Waals surface area contributed by atoms with Crippen LogP contribution in [0.4, 0.5) is 0 Å². The van der Waals surface area contributed by atoms with Gasteiger partial charge in [0.2, 0.25) is 0 Å². The molecule has 0 unspecified atom stereocenters. The largest absolute Gasteiger partial charge is 0.469 e. The van der Waals surface area contributed by atoms with Gasteiger partial charge >= 0.3 is 19.8 Å². The molecule has 0 aromatic carbocycles. The molecule has 0 aliphatic heterocycles. The minimum Gasteiger partial charge on any atom is -0.462 e. The van der Waals surface area contributed by atoms with Gasteiger partial charge in [0, 0.05) is 12.8 Å². The van der Waals surface area contributed by atoms with Gasteiger partial charge in [0.15, 0.2) is 6.10 Å². The summed E-state index contributed by atoms with van der Waals surface area (Å²) in [6.45, 7) is 3.40. The molecule has 248 valence electrons. The Morgan fingerprint density at radius 3 is 1.86 bits per heavy atom. The number of ether oxygens (including phenoxy) is 2. The Kier molecular flexibility index (Phi) is 26.4. The first-order valence-corrected chi connectivity index (χ1v) is 17.7. The Bertz CT molecular complexity index is 739. The average Bonchev–Trinajstić information content (AvgIpc) is 2.94. The molecular formula is C31H59O10P. The molecule has 0 amide bonds. The maximum atomic E-state index is 12.2. The molecule has 0 bridgehead atoms. The van der Waals surface area contributed by atoms with E-state index in [0.29, 0.717) is 25.7 Å². The summed E-state index contributed by atoms with van der Waals surface area (Å²) < 4.78 is 26.0. The third-order valence-corrected chi connectivity index (χ3v) is 7.47. The molecule has 0 heterocycles. The molecule has 11 heteroatoms. The van der Waals surface area contributed by atoms with Gasteiger partial charge in [0.25, 0.3) is 0 Å². The molecule has 0 aliphatic rings. The van der Waals surface area contributed by atoms with Gasteiger partial charge in [0.05, 0.1) is 18.8 Å². The summed E-state index contributed by atoms with van der Waals surface area (Å²) in [6.07, 6.45) is 18.5. The first-order chi connectivity index (χ1) is 20.1. The molecule has 0 rings (SSSR count). The molecule has 42 heavy (non-hydrogen) atoms. The molecule has 0 saturated heterocycles. The topological polar surface area (TPSA) is 160 Å². The zero-order valence-corrected chi connectivity index (χ0v) is 27.0. The summed E-state index contributed by atoms with van der Waals surface area (Å²) in [4.78, 5) is 42.3. The SMILES string of the molecule is CCCCC/C=C\C[C@@H](O)[C@H](O)CCCCCCCC(=O)OC[C@H](COP(=O)(O)O)OC(=O)CCCCCCCCC. The van der Waals surface area contributed by atoms with E-state index in [4.69, 9.17) is 19.3 Å². The van der Waals surface area contributed by atoms with Gasteiger partial charge < -0.3 is 29.5 Å². The Balaban J connectivity index is 4.12. The van der Waals surface area contributed by atoms with E-state index in [-0.39, 0.29) is 19.4 Å². The standard InChI is InChI=1S/C31H59O10P/c1-3-5-7-9-11-15-20-24-31(35)41-27(26-40-42(36,37)38)25-39-30(34)23-19-16-12-14-18-22-29(33)28(32)21-17-13-10-8-6-4-2/h13,17,27-29,32-33H,3-12,14-16,18-26H2,1-2H3,(H2,36,37,38)/b17-13-/t27-,28-,29-/m1/s1. The predicted octanol–water partition coefficient (Wildman–Crippen LogP) is 6.67. The summed E-state index contributed by atoms with van der Waals surface area (Å²) in [5.41, 5.74) is 0. The minimum atomic E-state index is -4.77. The second kappa shape index (κ2) is 27.3. The van der Waals surface area contributed by atoms with Crippen LogP contribution in [0.3, 0.4) is 0 Å². The fourth-order valence-corrected chi connectivity index (χ4v) is 4.75. The molecule has 0 fully saturated rings. The van der Waals surface area contributed by atoms with Crippen LogP contribution in [-0.2, 0) is 28.2 Å². The van der Waals surface area contributed by atoms with Gasteiger partial charge in [-0.05, 0) is 38.5 Å². The van der Waals surface area contributed by atoms with Crippen molar-refractivity contribution >= 4 is 19.8 Å². The van der Waals surface area contributed by atoms with Crippen molar-refractivity contribution in [2.75, 3.05) is 13.2 Å². The van der Waals surface area contributed by atoms with Gasteiger partial charge in [-0.15, -0.1) is 0 Å². The number of phosphoric ester groups is 1. The Hall–Kier alpha value is -1.29. The van der Waals surface area contributed by atoms with Crippen LogP contribution in [-0.4, -0.2) is 63.5 Å². The number of hydrogen-bond donors (Lipinski definition) is 4. The van der Waals surface area contributed by atoms with Gasteiger partial charge in [0.1, 0.15) is 6.61 Å². The quantitative estimate of drug-likeness (QED) is 0.0307. The maximum Gasteiger partial charge on any atom is 0.469 e. The van der Waals surface area contributed by atoms with Crippen molar-refractivity contribution in [2.45, 2.75) is 161 Å². The van der Waals surface area contributed by atoms with E-state index in [1.807, 2.05) is 6.08 Å². The third kappa shape index (κ3) is 27.5. The van der Waals surface area contributed by atoms with Crippen molar-refractivity contribution in [3.05, 3.63) is 12.2 Å². The fourth-order valence-electron chi connectivity index (χ4n) is 4.39. The second-order valence-corrected chi connectivity index (χ2v) is 12.3. The normalized spacial score (nSPS) is 14.1. The van der Waals surface area contributed by atoms with E-state index in [1.165, 1.54) is 32.1 Å². The number of carbonyl (C=O) groups is 2. The molecule has 0 spiro atoms. The number of esters is 2. The molecule has 3 atom stereocenters. The summed E-state index contributed by atoms with van der Waals surface area (Å²) in [7, 11) is -4.77. The van der Waals surface area contributed by atoms with Gasteiger partial charge in [-0.2, -0.15) is 0 Å². The summed E-state index contributed by atoms with van der Waals surface area (Å²) >= 11 is 0. The van der Waals surface area contributed by atoms with E-state index in [9.17, 15) is 24.4 Å². The molecular weight excluding hydrogens is 563 g/mol. The van der Waals surface area contributed by atoms with E-state index >= 15 is 0 Å². The Morgan fingerprint density at radius 2 is 1.24 bits per heavy atom. The van der Waals surface area contributed by atoms with Crippen molar-refractivity contribution in [3.8, 4) is 0 Å². The second-order valence-electron chi connectivity index (χ2n) is 11.1. The summed E-state index contributed by atoms with van der Waals surface area (Å²) in [5.74, 6) is -1.00. The van der Waals surface area contributed by atoms with Crippen LogP contribution in [0.2, 0.25) is 0 Å². The lowest BCUT2D eigenvalue weighted by atomic mass is 10.0. The van der Waals surface area contributed by atoms with Crippen LogP contribution in [0.1, 0.15) is 142 Å². The van der Waals surface area contributed by atoms with Crippen LogP contribution >= 0.6 is 7.82 Å². The van der Waals surface area contributed by atoms with E-state index in [2.05, 4.69) is 24.4 Å². The number of carbonyl (C=O) groups excluding carboxylic acids is 2. The average molecular weight is 623 g/mol. The first-order valence-electron chi connectivity index (χ1n) is 16.1. The molecule has 10 nitrogen and oxygen atoms in total.